The molecule has 0 spiro atoms. The van der Waals surface area contributed by atoms with E-state index in [1.165, 1.54) is 11.8 Å². The molecule has 0 saturated heterocycles. The second kappa shape index (κ2) is 4.55. The minimum atomic E-state index is -0.497. The number of hydrogen-bond acceptors (Lipinski definition) is 3. The third-order valence-corrected chi connectivity index (χ3v) is 2.04. The van der Waals surface area contributed by atoms with Crippen molar-refractivity contribution in [3.05, 3.63) is 12.4 Å². The van der Waals surface area contributed by atoms with Crippen molar-refractivity contribution in [1.82, 2.24) is 9.80 Å². The Morgan fingerprint density at radius 2 is 1.62 bits per heavy atom. The van der Waals surface area contributed by atoms with E-state index in [1.54, 1.807) is 17.3 Å². The van der Waals surface area contributed by atoms with Crippen LogP contribution in [0.15, 0.2) is 12.4 Å². The van der Waals surface area contributed by atoms with Crippen molar-refractivity contribution in [2.24, 2.45) is 0 Å². The van der Waals surface area contributed by atoms with Crippen LogP contribution in [-0.4, -0.2) is 40.5 Å². The van der Waals surface area contributed by atoms with Crippen molar-refractivity contribution in [3.63, 3.8) is 0 Å². The molecule has 0 radical (unpaired) electrons. The van der Waals surface area contributed by atoms with Crippen LogP contribution < -0.4 is 0 Å². The molecule has 5 nitrogen and oxygen atoms in total. The van der Waals surface area contributed by atoms with Gasteiger partial charge in [0.15, 0.2) is 0 Å². The highest BCUT2D eigenvalue weighted by atomic mass is 16.6. The topological polar surface area (TPSA) is 49.9 Å². The number of nitrogens with zero attached hydrogens (tertiary/aromatic N) is 2. The Labute approximate surface area is 95.6 Å². The lowest BCUT2D eigenvalue weighted by Gasteiger charge is -2.30. The Bertz CT molecular complexity index is 318. The van der Waals surface area contributed by atoms with Crippen LogP contribution in [0.5, 0.6) is 0 Å². The predicted molar refractivity (Wildman–Crippen MR) is 59.5 cm³/mol. The Morgan fingerprint density at radius 1 is 1.12 bits per heavy atom. The predicted octanol–water partition coefficient (Wildman–Crippen LogP) is 1.56. The quantitative estimate of drug-likeness (QED) is 0.629. The molecular formula is C11H18N2O3. The van der Waals surface area contributed by atoms with Crippen LogP contribution in [0.4, 0.5) is 4.79 Å². The van der Waals surface area contributed by atoms with Crippen LogP contribution in [0.1, 0.15) is 27.7 Å². The average Bonchev–Trinajstić information content (AvgIpc) is 2.15. The summed E-state index contributed by atoms with van der Waals surface area (Å²) in [5.74, 6) is -0.0277. The molecule has 0 N–H and O–H groups in total. The summed E-state index contributed by atoms with van der Waals surface area (Å²) in [7, 11) is 0. The van der Waals surface area contributed by atoms with Gasteiger partial charge in [0.1, 0.15) is 5.60 Å². The highest BCUT2D eigenvalue weighted by Gasteiger charge is 2.23. The Balaban J connectivity index is 2.56. The molecule has 0 unspecified atom stereocenters. The van der Waals surface area contributed by atoms with Crippen molar-refractivity contribution in [2.45, 2.75) is 33.3 Å². The average molecular weight is 226 g/mol. The molecule has 0 aromatic heterocycles. The Kier molecular flexibility index (Phi) is 3.57. The molecule has 0 aromatic carbocycles. The summed E-state index contributed by atoms with van der Waals surface area (Å²) in [6, 6.07) is 0. The van der Waals surface area contributed by atoms with E-state index in [0.29, 0.717) is 13.1 Å². The molecule has 0 aliphatic carbocycles. The van der Waals surface area contributed by atoms with Crippen molar-refractivity contribution < 1.29 is 14.3 Å². The zero-order valence-corrected chi connectivity index (χ0v) is 10.2. The lowest BCUT2D eigenvalue weighted by molar-refractivity contribution is -0.126. The molecule has 1 rings (SSSR count). The highest BCUT2D eigenvalue weighted by Crippen LogP contribution is 2.12. The van der Waals surface area contributed by atoms with Gasteiger partial charge in [0.05, 0.1) is 0 Å². The van der Waals surface area contributed by atoms with E-state index < -0.39 is 5.60 Å². The minimum absolute atomic E-state index is 0.0277. The number of rotatable bonds is 0. The van der Waals surface area contributed by atoms with Gasteiger partial charge in [0.25, 0.3) is 0 Å². The lowest BCUT2D eigenvalue weighted by atomic mass is 10.2. The molecule has 5 heteroatoms. The number of hydrogen-bond donors (Lipinski definition) is 0. The van der Waals surface area contributed by atoms with Crippen LogP contribution in [0.3, 0.4) is 0 Å². The fourth-order valence-electron chi connectivity index (χ4n) is 1.26. The van der Waals surface area contributed by atoms with Crippen LogP contribution >= 0.6 is 0 Å². The number of ether oxygens (including phenoxy) is 1. The number of carbonyl (C=O) groups is 2. The SMILES string of the molecule is CC(=O)N1C=CN(C(=O)OC(C)(C)C)CC1. The van der Waals surface area contributed by atoms with Crippen LogP contribution in [-0.2, 0) is 9.53 Å². The first-order chi connectivity index (χ1) is 7.29. The minimum Gasteiger partial charge on any atom is -0.443 e. The Hall–Kier alpha value is -1.52. The second-order valence-corrected chi connectivity index (χ2v) is 4.68. The van der Waals surface area contributed by atoms with E-state index in [4.69, 9.17) is 4.74 Å². The van der Waals surface area contributed by atoms with Gasteiger partial charge in [-0.25, -0.2) is 4.79 Å². The maximum atomic E-state index is 11.6. The van der Waals surface area contributed by atoms with Crippen molar-refractivity contribution in [2.75, 3.05) is 13.1 Å². The zero-order chi connectivity index (χ0) is 12.3. The summed E-state index contributed by atoms with van der Waals surface area (Å²) >= 11 is 0. The number of carbonyl (C=O) groups excluding carboxylic acids is 2. The van der Waals surface area contributed by atoms with Gasteiger partial charge >= 0.3 is 6.09 Å². The van der Waals surface area contributed by atoms with E-state index in [1.807, 2.05) is 20.8 Å². The van der Waals surface area contributed by atoms with Gasteiger partial charge in [-0.2, -0.15) is 0 Å². The van der Waals surface area contributed by atoms with Gasteiger partial charge in [0.2, 0.25) is 5.91 Å². The van der Waals surface area contributed by atoms with Crippen molar-refractivity contribution in [1.29, 1.82) is 0 Å². The van der Waals surface area contributed by atoms with Crippen molar-refractivity contribution in [3.8, 4) is 0 Å². The molecule has 0 aromatic rings. The molecule has 1 aliphatic heterocycles. The molecular weight excluding hydrogens is 208 g/mol. The standard InChI is InChI=1S/C11H18N2O3/c1-9(14)12-5-7-13(8-6-12)10(15)16-11(2,3)4/h5,7H,6,8H2,1-4H3. The summed E-state index contributed by atoms with van der Waals surface area (Å²) in [6.45, 7) is 7.92. The highest BCUT2D eigenvalue weighted by molar-refractivity contribution is 5.75. The lowest BCUT2D eigenvalue weighted by Crippen LogP contribution is -2.42. The molecule has 1 heterocycles. The largest absolute Gasteiger partial charge is 0.443 e. The smallest absolute Gasteiger partial charge is 0.414 e. The maximum Gasteiger partial charge on any atom is 0.414 e. The summed E-state index contributed by atoms with van der Waals surface area (Å²) in [5.41, 5.74) is -0.497. The van der Waals surface area contributed by atoms with Gasteiger partial charge < -0.3 is 9.64 Å². The summed E-state index contributed by atoms with van der Waals surface area (Å²) < 4.78 is 5.21. The van der Waals surface area contributed by atoms with Crippen LogP contribution in [0, 0.1) is 0 Å². The maximum absolute atomic E-state index is 11.6. The zero-order valence-electron chi connectivity index (χ0n) is 10.2. The van der Waals surface area contributed by atoms with E-state index >= 15 is 0 Å². The van der Waals surface area contributed by atoms with Gasteiger partial charge in [0, 0.05) is 32.4 Å². The van der Waals surface area contributed by atoms with Crippen LogP contribution in [0.25, 0.3) is 0 Å². The first-order valence-electron chi connectivity index (χ1n) is 5.25. The molecule has 0 saturated carbocycles. The second-order valence-electron chi connectivity index (χ2n) is 4.68. The molecule has 0 fully saturated rings. The third kappa shape index (κ3) is 3.56. The van der Waals surface area contributed by atoms with E-state index in [9.17, 15) is 9.59 Å². The molecule has 90 valence electrons. The van der Waals surface area contributed by atoms with Gasteiger partial charge in [-0.1, -0.05) is 0 Å². The van der Waals surface area contributed by atoms with Gasteiger partial charge in [-0.05, 0) is 20.8 Å². The molecule has 2 amide bonds. The monoisotopic (exact) mass is 226 g/mol. The fraction of sp³-hybridized carbons (Fsp3) is 0.636. The van der Waals surface area contributed by atoms with E-state index in [-0.39, 0.29) is 12.0 Å². The molecule has 0 bridgehead atoms. The third-order valence-electron chi connectivity index (χ3n) is 2.04. The first kappa shape index (κ1) is 12.5. The number of amides is 2. The molecule has 0 atom stereocenters. The van der Waals surface area contributed by atoms with Gasteiger partial charge in [-0.15, -0.1) is 0 Å². The normalized spacial score (nSPS) is 16.2. The van der Waals surface area contributed by atoms with E-state index in [2.05, 4.69) is 0 Å². The fourth-order valence-corrected chi connectivity index (χ4v) is 1.26. The van der Waals surface area contributed by atoms with Crippen LogP contribution in [0.2, 0.25) is 0 Å². The van der Waals surface area contributed by atoms with Crippen molar-refractivity contribution >= 4 is 12.0 Å². The summed E-state index contributed by atoms with van der Waals surface area (Å²) in [4.78, 5) is 25.7. The van der Waals surface area contributed by atoms with E-state index in [0.717, 1.165) is 0 Å². The molecule has 16 heavy (non-hydrogen) atoms. The summed E-state index contributed by atoms with van der Waals surface area (Å²) in [6.07, 6.45) is 2.78. The Morgan fingerprint density at radius 3 is 2.00 bits per heavy atom. The molecule has 1 aliphatic rings. The summed E-state index contributed by atoms with van der Waals surface area (Å²) in [5, 5.41) is 0. The first-order valence-corrected chi connectivity index (χ1v) is 5.25. The van der Waals surface area contributed by atoms with Gasteiger partial charge in [-0.3, -0.25) is 9.69 Å².